The van der Waals surface area contributed by atoms with E-state index in [2.05, 4.69) is 21.3 Å². The average Bonchev–Trinajstić information content (AvgIpc) is 2.96. The third-order valence-electron chi connectivity index (χ3n) is 7.58. The van der Waals surface area contributed by atoms with E-state index >= 15 is 0 Å². The Labute approximate surface area is 261 Å². The Morgan fingerprint density at radius 1 is 0.773 bits per heavy atom. The Morgan fingerprint density at radius 2 is 1.34 bits per heavy atom. The minimum atomic E-state index is -1.17. The van der Waals surface area contributed by atoms with Gasteiger partial charge in [-0.3, -0.25) is 19.2 Å². The predicted molar refractivity (Wildman–Crippen MR) is 170 cm³/mol. The van der Waals surface area contributed by atoms with Gasteiger partial charge >= 0.3 is 5.97 Å². The van der Waals surface area contributed by atoms with Crippen LogP contribution < -0.4 is 32.7 Å². The van der Waals surface area contributed by atoms with Gasteiger partial charge in [0.1, 0.15) is 24.2 Å². The van der Waals surface area contributed by atoms with Crippen LogP contribution in [0.5, 0.6) is 0 Å². The number of amides is 4. The van der Waals surface area contributed by atoms with Crippen molar-refractivity contribution in [3.05, 3.63) is 35.9 Å². The molecule has 0 aliphatic heterocycles. The summed E-state index contributed by atoms with van der Waals surface area (Å²) in [7, 11) is 0. The van der Waals surface area contributed by atoms with E-state index in [4.69, 9.17) is 11.5 Å². The zero-order chi connectivity index (χ0) is 33.4. The van der Waals surface area contributed by atoms with Crippen LogP contribution in [0.4, 0.5) is 0 Å². The zero-order valence-electron chi connectivity index (χ0n) is 27.1. The number of carboxylic acid groups (broad SMARTS) is 1. The molecule has 6 atom stereocenters. The molecule has 0 aliphatic carbocycles. The number of benzene rings is 1. The largest absolute Gasteiger partial charge is 0.480 e. The van der Waals surface area contributed by atoms with Crippen LogP contribution in [0.15, 0.2) is 30.3 Å². The first-order valence-electron chi connectivity index (χ1n) is 15.6. The summed E-state index contributed by atoms with van der Waals surface area (Å²) < 4.78 is 0. The molecule has 248 valence electrons. The maximum Gasteiger partial charge on any atom is 0.326 e. The van der Waals surface area contributed by atoms with Crippen LogP contribution >= 0.6 is 0 Å². The van der Waals surface area contributed by atoms with Crippen LogP contribution in [-0.2, 0) is 30.4 Å². The number of rotatable bonds is 20. The van der Waals surface area contributed by atoms with Crippen molar-refractivity contribution in [1.82, 2.24) is 21.3 Å². The van der Waals surface area contributed by atoms with Gasteiger partial charge in [0, 0.05) is 0 Å². The fourth-order valence-corrected chi connectivity index (χ4v) is 4.69. The predicted octanol–water partition coefficient (Wildman–Crippen LogP) is 1.46. The first-order chi connectivity index (χ1) is 20.7. The van der Waals surface area contributed by atoms with Crippen LogP contribution in [0, 0.1) is 17.8 Å². The van der Waals surface area contributed by atoms with Gasteiger partial charge in [-0.25, -0.2) is 4.79 Å². The monoisotopic (exact) mass is 618 g/mol. The molecule has 9 N–H and O–H groups in total. The Balaban J connectivity index is 3.06. The van der Waals surface area contributed by atoms with Crippen LogP contribution in [0.1, 0.15) is 79.2 Å². The van der Waals surface area contributed by atoms with E-state index in [1.54, 1.807) is 20.8 Å². The second-order valence-corrected chi connectivity index (χ2v) is 12.3. The van der Waals surface area contributed by atoms with E-state index in [0.29, 0.717) is 38.6 Å². The van der Waals surface area contributed by atoms with Gasteiger partial charge in [0.2, 0.25) is 23.6 Å². The summed E-state index contributed by atoms with van der Waals surface area (Å²) >= 11 is 0. The second kappa shape index (κ2) is 19.7. The molecule has 4 amide bonds. The number of nitrogens with two attached hydrogens (primary N) is 2. The fraction of sp³-hybridized carbons (Fsp3) is 0.656. The lowest BCUT2D eigenvalue weighted by molar-refractivity contribution is -0.143. The van der Waals surface area contributed by atoms with Crippen molar-refractivity contribution < 1.29 is 29.1 Å². The van der Waals surface area contributed by atoms with Crippen molar-refractivity contribution >= 4 is 29.6 Å². The van der Waals surface area contributed by atoms with Gasteiger partial charge in [-0.15, -0.1) is 0 Å². The van der Waals surface area contributed by atoms with E-state index < -0.39 is 59.8 Å². The van der Waals surface area contributed by atoms with Crippen molar-refractivity contribution in [2.45, 2.75) is 110 Å². The second-order valence-electron chi connectivity index (χ2n) is 12.3. The fourth-order valence-electron chi connectivity index (χ4n) is 4.69. The highest BCUT2D eigenvalue weighted by atomic mass is 16.4. The van der Waals surface area contributed by atoms with Gasteiger partial charge in [-0.2, -0.15) is 0 Å². The molecule has 0 bridgehead atoms. The van der Waals surface area contributed by atoms with Crippen LogP contribution in [0.2, 0.25) is 0 Å². The molecule has 0 radical (unpaired) electrons. The molecule has 12 heteroatoms. The summed E-state index contributed by atoms with van der Waals surface area (Å²) in [5.41, 5.74) is 12.6. The van der Waals surface area contributed by atoms with E-state index in [1.807, 2.05) is 51.1 Å². The molecule has 0 saturated heterocycles. The summed E-state index contributed by atoms with van der Waals surface area (Å²) in [6, 6.07) is 4.36. The summed E-state index contributed by atoms with van der Waals surface area (Å²) in [6.07, 6.45) is 2.53. The minimum absolute atomic E-state index is 0.0494. The summed E-state index contributed by atoms with van der Waals surface area (Å²) in [4.78, 5) is 64.9. The van der Waals surface area contributed by atoms with E-state index in [1.165, 1.54) is 0 Å². The molecule has 44 heavy (non-hydrogen) atoms. The van der Waals surface area contributed by atoms with Gasteiger partial charge in [0.25, 0.3) is 0 Å². The van der Waals surface area contributed by atoms with Crippen LogP contribution in [0.3, 0.4) is 0 Å². The minimum Gasteiger partial charge on any atom is -0.480 e. The standard InChI is InChI=1S/C32H54N6O6/c1-7-21(6)27(31(42)37-26(20(4)5)30(41)35-24(32(43)44)15-11-12-16-33)38-29(40)25(17-19(2)3)36-28(39)23(34)18-22-13-9-8-10-14-22/h8-10,13-14,19-21,23-27H,7,11-12,15-18,33-34H2,1-6H3,(H,35,41)(H,36,39)(H,37,42)(H,38,40)(H,43,44)/t21-,23-,24-,25-,26-,27-/m0/s1. The maximum absolute atomic E-state index is 13.6. The lowest BCUT2D eigenvalue weighted by Gasteiger charge is -2.30. The number of carbonyl (C=O) groups excluding carboxylic acids is 4. The number of hydrogen-bond donors (Lipinski definition) is 7. The zero-order valence-corrected chi connectivity index (χ0v) is 27.1. The van der Waals surface area contributed by atoms with Gasteiger partial charge in [-0.1, -0.05) is 78.3 Å². The first kappa shape index (κ1) is 38.5. The lowest BCUT2D eigenvalue weighted by Crippen LogP contribution is -2.60. The normalized spacial score (nSPS) is 15.4. The SMILES string of the molecule is CC[C@H](C)[C@H](NC(=O)[C@H](CC(C)C)NC(=O)[C@@H](N)Cc1ccccc1)C(=O)N[C@H](C(=O)N[C@@H](CCCCN)C(=O)O)C(C)C. The molecule has 0 unspecified atom stereocenters. The van der Waals surface area contributed by atoms with Gasteiger partial charge in [-0.05, 0) is 62.0 Å². The van der Waals surface area contributed by atoms with E-state index in [0.717, 1.165) is 5.56 Å². The van der Waals surface area contributed by atoms with Gasteiger partial charge in [0.05, 0.1) is 6.04 Å². The number of nitrogens with one attached hydrogen (secondary N) is 4. The van der Waals surface area contributed by atoms with Crippen LogP contribution in [0.25, 0.3) is 0 Å². The molecule has 1 aromatic carbocycles. The molecule has 0 fully saturated rings. The van der Waals surface area contributed by atoms with Gasteiger partial charge in [0.15, 0.2) is 0 Å². The van der Waals surface area contributed by atoms with Crippen molar-refractivity contribution in [2.75, 3.05) is 6.54 Å². The van der Waals surface area contributed by atoms with E-state index in [9.17, 15) is 29.1 Å². The summed E-state index contributed by atoms with van der Waals surface area (Å²) in [6.45, 7) is 11.4. The van der Waals surface area contributed by atoms with Crippen molar-refractivity contribution in [1.29, 1.82) is 0 Å². The highest BCUT2D eigenvalue weighted by Crippen LogP contribution is 2.13. The third-order valence-corrected chi connectivity index (χ3v) is 7.58. The molecular formula is C32H54N6O6. The maximum atomic E-state index is 13.6. The third kappa shape index (κ3) is 13.4. The number of hydrogen-bond acceptors (Lipinski definition) is 7. The lowest BCUT2D eigenvalue weighted by atomic mass is 9.95. The molecule has 0 aliphatic rings. The molecule has 12 nitrogen and oxygen atoms in total. The Bertz CT molecular complexity index is 1070. The molecule has 0 heterocycles. The number of carbonyl (C=O) groups is 5. The Morgan fingerprint density at radius 3 is 1.86 bits per heavy atom. The molecule has 0 spiro atoms. The average molecular weight is 619 g/mol. The van der Waals surface area contributed by atoms with Crippen LogP contribution in [-0.4, -0.2) is 71.5 Å². The molecule has 0 saturated carbocycles. The van der Waals surface area contributed by atoms with E-state index in [-0.39, 0.29) is 24.2 Å². The summed E-state index contributed by atoms with van der Waals surface area (Å²) in [5, 5.41) is 20.4. The quantitative estimate of drug-likeness (QED) is 0.106. The number of unbranched alkanes of at least 4 members (excludes halogenated alkanes) is 1. The van der Waals surface area contributed by atoms with Crippen molar-refractivity contribution in [3.63, 3.8) is 0 Å². The highest BCUT2D eigenvalue weighted by Gasteiger charge is 2.35. The molecule has 0 aromatic heterocycles. The number of aliphatic carboxylic acids is 1. The van der Waals surface area contributed by atoms with Crippen molar-refractivity contribution in [2.24, 2.45) is 29.2 Å². The number of carboxylic acids is 1. The smallest absolute Gasteiger partial charge is 0.326 e. The topological polar surface area (TPSA) is 206 Å². The molecule has 1 rings (SSSR count). The summed E-state index contributed by atoms with van der Waals surface area (Å²) in [5.74, 6) is -4.01. The first-order valence-corrected chi connectivity index (χ1v) is 15.6. The molecule has 1 aromatic rings. The highest BCUT2D eigenvalue weighted by molar-refractivity contribution is 5.95. The van der Waals surface area contributed by atoms with Gasteiger partial charge < -0.3 is 37.8 Å². The molecular weight excluding hydrogens is 564 g/mol. The Hall–Kier alpha value is -3.51. The Kier molecular flexibility index (Phi) is 17.2. The van der Waals surface area contributed by atoms with Crippen molar-refractivity contribution in [3.8, 4) is 0 Å².